The molecule has 0 aromatic heterocycles. The van der Waals surface area contributed by atoms with Gasteiger partial charge in [0.2, 0.25) is 6.29 Å². The Morgan fingerprint density at radius 2 is 1.75 bits per heavy atom. The molecule has 220 valence electrons. The number of benzene rings is 1. The number of esters is 2. The molecule has 0 spiro atoms. The fourth-order valence-electron chi connectivity index (χ4n) is 4.99. The Bertz CT molecular complexity index is 1090. The maximum absolute atomic E-state index is 12.4. The Morgan fingerprint density at radius 3 is 2.42 bits per heavy atom. The number of phenolic OH excluding ortho intramolecular Hbond substituents is 1. The molecule has 3 aliphatic heterocycles. The molecule has 3 heterocycles. The van der Waals surface area contributed by atoms with Crippen molar-refractivity contribution in [2.24, 2.45) is 11.8 Å². The number of hydrogen-bond acceptors (Lipinski definition) is 13. The van der Waals surface area contributed by atoms with Crippen molar-refractivity contribution in [3.05, 3.63) is 47.7 Å². The molecule has 10 atom stereocenters. The number of ether oxygens (including phenoxy) is 7. The number of hydrogen-bond donors (Lipinski definition) is 4. The normalized spacial score (nSPS) is 35.8. The van der Waals surface area contributed by atoms with Crippen LogP contribution in [0.3, 0.4) is 0 Å². The first kappa shape index (κ1) is 29.9. The average Bonchev–Trinajstić information content (AvgIpc) is 2.95. The Hall–Kier alpha value is -3.04. The first-order valence-corrected chi connectivity index (χ1v) is 12.7. The molecule has 13 nitrogen and oxygen atoms in total. The predicted molar refractivity (Wildman–Crippen MR) is 134 cm³/mol. The standard InChI is InChI=1S/C27H34O13/c1-13-21-16(10-20(34-2)38-13)17(25(33)35-3)11-37-26(21)40-27-24(32)23(31)22(30)18(39-27)12-36-19(29)9-6-14-4-7-15(28)8-5-14/h4-9,11,13,16,18,20-24,26-28,30-32H,10,12H2,1-3H3/b9-6+/t13-,16+,18+,20-,21+,22+,23-,24-,26-,27-/m0/s1. The van der Waals surface area contributed by atoms with E-state index in [0.717, 1.165) is 6.08 Å². The number of carbonyl (C=O) groups excluding carboxylic acids is 2. The first-order chi connectivity index (χ1) is 19.1. The maximum atomic E-state index is 12.4. The molecule has 2 saturated heterocycles. The molecule has 0 radical (unpaired) electrons. The lowest BCUT2D eigenvalue weighted by Crippen LogP contribution is -2.61. The largest absolute Gasteiger partial charge is 0.508 e. The first-order valence-electron chi connectivity index (χ1n) is 12.7. The summed E-state index contributed by atoms with van der Waals surface area (Å²) in [5.41, 5.74) is 0.916. The van der Waals surface area contributed by atoms with Gasteiger partial charge in [-0.2, -0.15) is 0 Å². The van der Waals surface area contributed by atoms with Crippen LogP contribution >= 0.6 is 0 Å². The lowest BCUT2D eigenvalue weighted by Gasteiger charge is -2.47. The Morgan fingerprint density at radius 1 is 1.02 bits per heavy atom. The summed E-state index contributed by atoms with van der Waals surface area (Å²) in [6.07, 6.45) is -5.70. The van der Waals surface area contributed by atoms with Crippen LogP contribution in [0.2, 0.25) is 0 Å². The van der Waals surface area contributed by atoms with Gasteiger partial charge in [-0.1, -0.05) is 12.1 Å². The summed E-state index contributed by atoms with van der Waals surface area (Å²) in [6, 6.07) is 6.12. The molecule has 1 aromatic rings. The van der Waals surface area contributed by atoms with Crippen molar-refractivity contribution in [3.63, 3.8) is 0 Å². The van der Waals surface area contributed by atoms with Crippen molar-refractivity contribution in [2.75, 3.05) is 20.8 Å². The summed E-state index contributed by atoms with van der Waals surface area (Å²) in [5.74, 6) is -2.23. The molecule has 0 amide bonds. The topological polar surface area (TPSA) is 180 Å². The molecular formula is C27H34O13. The molecule has 4 N–H and O–H groups in total. The van der Waals surface area contributed by atoms with Gasteiger partial charge in [0.25, 0.3) is 0 Å². The molecular weight excluding hydrogens is 532 g/mol. The lowest BCUT2D eigenvalue weighted by atomic mass is 9.77. The van der Waals surface area contributed by atoms with Gasteiger partial charge in [-0.05, 0) is 30.7 Å². The van der Waals surface area contributed by atoms with Gasteiger partial charge in [0.15, 0.2) is 12.6 Å². The van der Waals surface area contributed by atoms with E-state index in [1.165, 1.54) is 38.7 Å². The molecule has 4 rings (SSSR count). The lowest BCUT2D eigenvalue weighted by molar-refractivity contribution is -0.353. The van der Waals surface area contributed by atoms with Crippen molar-refractivity contribution in [1.29, 1.82) is 0 Å². The Balaban J connectivity index is 1.42. The second-order valence-corrected chi connectivity index (χ2v) is 9.70. The third kappa shape index (κ3) is 6.63. The molecule has 0 aliphatic carbocycles. The van der Waals surface area contributed by atoms with E-state index in [-0.39, 0.29) is 11.3 Å². The smallest absolute Gasteiger partial charge is 0.337 e. The Kier molecular flexibility index (Phi) is 9.79. The fourth-order valence-corrected chi connectivity index (χ4v) is 4.99. The second kappa shape index (κ2) is 13.1. The highest BCUT2D eigenvalue weighted by atomic mass is 16.8. The summed E-state index contributed by atoms with van der Waals surface area (Å²) in [5, 5.41) is 40.8. The SMILES string of the molecule is COC(=O)C1=CO[C@@H](O[C@@H]2O[C@H](COC(=O)/C=C/c3ccc(O)cc3)[C@@H](O)[C@H](O)[C@@H]2O)[C@@H]2[C@H](C)O[C@H](OC)C[C@H]12. The van der Waals surface area contributed by atoms with E-state index >= 15 is 0 Å². The highest BCUT2D eigenvalue weighted by Crippen LogP contribution is 2.43. The van der Waals surface area contributed by atoms with Gasteiger partial charge in [-0.3, -0.25) is 0 Å². The minimum atomic E-state index is -1.69. The number of fused-ring (bicyclic) bond motifs is 1. The van der Waals surface area contributed by atoms with E-state index in [1.807, 2.05) is 0 Å². The van der Waals surface area contributed by atoms with Crippen molar-refractivity contribution in [2.45, 2.75) is 62.7 Å². The molecule has 3 aliphatic rings. The van der Waals surface area contributed by atoms with Crippen LogP contribution < -0.4 is 0 Å². The number of aliphatic hydroxyl groups is 3. The minimum Gasteiger partial charge on any atom is -0.508 e. The quantitative estimate of drug-likeness (QED) is 0.248. The van der Waals surface area contributed by atoms with Gasteiger partial charge in [0, 0.05) is 25.5 Å². The van der Waals surface area contributed by atoms with Crippen LogP contribution in [0.15, 0.2) is 42.2 Å². The molecule has 0 saturated carbocycles. The van der Waals surface area contributed by atoms with Gasteiger partial charge < -0.3 is 53.6 Å². The van der Waals surface area contributed by atoms with Crippen LogP contribution in [-0.4, -0.2) is 103 Å². The molecule has 40 heavy (non-hydrogen) atoms. The van der Waals surface area contributed by atoms with Gasteiger partial charge in [0.05, 0.1) is 31.0 Å². The molecule has 13 heteroatoms. The molecule has 0 unspecified atom stereocenters. The summed E-state index contributed by atoms with van der Waals surface area (Å²) < 4.78 is 38.6. The zero-order valence-electron chi connectivity index (χ0n) is 22.2. The van der Waals surface area contributed by atoms with E-state index in [4.69, 9.17) is 33.2 Å². The number of carbonyl (C=O) groups is 2. The van der Waals surface area contributed by atoms with E-state index in [0.29, 0.717) is 12.0 Å². The minimum absolute atomic E-state index is 0.0828. The van der Waals surface area contributed by atoms with Crippen LogP contribution in [-0.2, 0) is 42.7 Å². The zero-order valence-corrected chi connectivity index (χ0v) is 22.2. The van der Waals surface area contributed by atoms with E-state index in [1.54, 1.807) is 19.1 Å². The average molecular weight is 567 g/mol. The van der Waals surface area contributed by atoms with E-state index in [2.05, 4.69) is 0 Å². The van der Waals surface area contributed by atoms with Crippen molar-refractivity contribution in [3.8, 4) is 5.75 Å². The number of rotatable bonds is 8. The third-order valence-electron chi connectivity index (χ3n) is 7.18. The predicted octanol–water partition coefficient (Wildman–Crippen LogP) is 0.200. The van der Waals surface area contributed by atoms with Crippen LogP contribution in [0.1, 0.15) is 18.9 Å². The fraction of sp³-hybridized carbons (Fsp3) is 0.556. The van der Waals surface area contributed by atoms with Crippen molar-refractivity contribution in [1.82, 2.24) is 0 Å². The van der Waals surface area contributed by atoms with Gasteiger partial charge >= 0.3 is 11.9 Å². The van der Waals surface area contributed by atoms with E-state index in [9.17, 15) is 30.0 Å². The Labute approximate surface area is 230 Å². The number of phenols is 1. The molecule has 1 aromatic carbocycles. The van der Waals surface area contributed by atoms with Crippen LogP contribution in [0, 0.1) is 11.8 Å². The third-order valence-corrected chi connectivity index (χ3v) is 7.18. The van der Waals surface area contributed by atoms with Crippen LogP contribution in [0.4, 0.5) is 0 Å². The van der Waals surface area contributed by atoms with E-state index < -0.39 is 79.8 Å². The zero-order chi connectivity index (χ0) is 29.0. The van der Waals surface area contributed by atoms with Crippen molar-refractivity contribution < 1.29 is 63.2 Å². The van der Waals surface area contributed by atoms with Gasteiger partial charge in [-0.15, -0.1) is 0 Å². The highest BCUT2D eigenvalue weighted by Gasteiger charge is 2.52. The van der Waals surface area contributed by atoms with Crippen LogP contribution in [0.5, 0.6) is 5.75 Å². The van der Waals surface area contributed by atoms with Crippen molar-refractivity contribution >= 4 is 18.0 Å². The molecule has 0 bridgehead atoms. The number of aromatic hydroxyl groups is 1. The molecule has 2 fully saturated rings. The second-order valence-electron chi connectivity index (χ2n) is 9.70. The van der Waals surface area contributed by atoms with Gasteiger partial charge in [0.1, 0.15) is 36.8 Å². The highest BCUT2D eigenvalue weighted by molar-refractivity contribution is 5.89. The summed E-state index contributed by atoms with van der Waals surface area (Å²) in [6.45, 7) is 1.30. The van der Waals surface area contributed by atoms with Crippen LogP contribution in [0.25, 0.3) is 6.08 Å². The summed E-state index contributed by atoms with van der Waals surface area (Å²) >= 11 is 0. The number of methoxy groups -OCH3 is 2. The summed E-state index contributed by atoms with van der Waals surface area (Å²) in [4.78, 5) is 24.6. The summed E-state index contributed by atoms with van der Waals surface area (Å²) in [7, 11) is 2.74. The monoisotopic (exact) mass is 566 g/mol. The van der Waals surface area contributed by atoms with Gasteiger partial charge in [-0.25, -0.2) is 9.59 Å². The maximum Gasteiger partial charge on any atom is 0.337 e. The number of aliphatic hydroxyl groups excluding tert-OH is 3.